The molecular weight excluding hydrogens is 358 g/mol. The number of hydrogen-bond donors (Lipinski definition) is 2. The number of benzene rings is 1. The average molecular weight is 375 g/mol. The number of thiophene rings is 1. The van der Waals surface area contributed by atoms with E-state index in [0.717, 1.165) is 28.2 Å². The second-order valence-electron chi connectivity index (χ2n) is 4.82. The largest absolute Gasteiger partial charge is 0.508 e. The Morgan fingerprint density at radius 3 is 2.65 bits per heavy atom. The Labute approximate surface area is 136 Å². The molecule has 2 aromatic rings. The van der Waals surface area contributed by atoms with Crippen LogP contribution in [0.5, 0.6) is 5.75 Å². The molecule has 0 aliphatic carbocycles. The minimum Gasteiger partial charge on any atom is -0.508 e. The van der Waals surface area contributed by atoms with Crippen LogP contribution in [0.25, 0.3) is 0 Å². The fourth-order valence-corrected chi connectivity index (χ4v) is 3.64. The van der Waals surface area contributed by atoms with E-state index >= 15 is 0 Å². The zero-order chi connectivity index (χ0) is 14.5. The third-order valence-electron chi connectivity index (χ3n) is 3.12. The van der Waals surface area contributed by atoms with Crippen LogP contribution in [0.3, 0.4) is 0 Å². The Bertz CT molecular complexity index is 536. The number of aromatic hydroxyl groups is 1. The number of hydrogen-bond acceptors (Lipinski definition) is 3. The molecule has 0 saturated carbocycles. The summed E-state index contributed by atoms with van der Waals surface area (Å²) in [7, 11) is 0. The lowest BCUT2D eigenvalue weighted by Crippen LogP contribution is -2.25. The van der Waals surface area contributed by atoms with Gasteiger partial charge in [-0.15, -0.1) is 11.3 Å². The van der Waals surface area contributed by atoms with Crippen LogP contribution in [0.4, 0.5) is 0 Å². The minimum absolute atomic E-state index is 0.320. The zero-order valence-electron chi connectivity index (χ0n) is 11.2. The molecule has 1 atom stereocenters. The van der Waals surface area contributed by atoms with Crippen molar-refractivity contribution in [3.63, 3.8) is 0 Å². The van der Waals surface area contributed by atoms with Crippen LogP contribution >= 0.6 is 38.9 Å². The molecule has 1 aromatic heterocycles. The summed E-state index contributed by atoms with van der Waals surface area (Å²) in [6, 6.07) is 9.91. The van der Waals surface area contributed by atoms with Crippen molar-refractivity contribution in [1.29, 1.82) is 0 Å². The summed E-state index contributed by atoms with van der Waals surface area (Å²) in [4.78, 5) is 1.23. The van der Waals surface area contributed by atoms with Crippen LogP contribution in [0.1, 0.15) is 23.8 Å². The maximum absolute atomic E-state index is 9.24. The third-order valence-corrected chi connectivity index (χ3v) is 5.60. The van der Waals surface area contributed by atoms with E-state index in [4.69, 9.17) is 11.6 Å². The first-order chi connectivity index (χ1) is 9.54. The predicted molar refractivity (Wildman–Crippen MR) is 89.8 cm³/mol. The van der Waals surface area contributed by atoms with Crippen LogP contribution in [-0.4, -0.2) is 11.1 Å². The topological polar surface area (TPSA) is 32.3 Å². The first-order valence-corrected chi connectivity index (χ1v) is 8.48. The van der Waals surface area contributed by atoms with Crippen molar-refractivity contribution in [2.75, 3.05) is 0 Å². The molecule has 0 amide bonds. The number of phenols is 1. The number of halogens is 2. The van der Waals surface area contributed by atoms with Gasteiger partial charge < -0.3 is 10.4 Å². The maximum Gasteiger partial charge on any atom is 0.115 e. The highest BCUT2D eigenvalue weighted by molar-refractivity contribution is 9.10. The van der Waals surface area contributed by atoms with Gasteiger partial charge in [-0.3, -0.25) is 0 Å². The molecule has 2 nitrogen and oxygen atoms in total. The van der Waals surface area contributed by atoms with Gasteiger partial charge in [-0.1, -0.05) is 23.7 Å². The van der Waals surface area contributed by atoms with Gasteiger partial charge in [0.05, 0.1) is 0 Å². The van der Waals surface area contributed by atoms with E-state index in [2.05, 4.69) is 34.2 Å². The lowest BCUT2D eigenvalue weighted by atomic mass is 10.1. The van der Waals surface area contributed by atoms with Gasteiger partial charge in [-0.05, 0) is 59.5 Å². The van der Waals surface area contributed by atoms with E-state index in [1.807, 2.05) is 12.1 Å². The minimum atomic E-state index is 0.320. The fourth-order valence-electron chi connectivity index (χ4n) is 1.90. The van der Waals surface area contributed by atoms with Gasteiger partial charge >= 0.3 is 0 Å². The van der Waals surface area contributed by atoms with E-state index in [-0.39, 0.29) is 0 Å². The molecule has 2 N–H and O–H groups in total. The Morgan fingerprint density at radius 1 is 1.35 bits per heavy atom. The van der Waals surface area contributed by atoms with Crippen LogP contribution in [0.15, 0.2) is 34.8 Å². The van der Waals surface area contributed by atoms with Crippen molar-refractivity contribution in [2.45, 2.75) is 32.4 Å². The molecular formula is C15H17BrClNOS. The van der Waals surface area contributed by atoms with Crippen molar-refractivity contribution in [3.05, 3.63) is 49.6 Å². The van der Waals surface area contributed by atoms with E-state index in [0.29, 0.717) is 11.8 Å². The van der Waals surface area contributed by atoms with Gasteiger partial charge in [0.25, 0.3) is 0 Å². The van der Waals surface area contributed by atoms with Gasteiger partial charge in [0.2, 0.25) is 0 Å². The molecule has 108 valence electrons. The summed E-state index contributed by atoms with van der Waals surface area (Å²) < 4.78 is 1.77. The summed E-state index contributed by atoms with van der Waals surface area (Å²) in [6.07, 6.45) is 2.06. The molecule has 0 bridgehead atoms. The van der Waals surface area contributed by atoms with Crippen molar-refractivity contribution in [1.82, 2.24) is 5.32 Å². The summed E-state index contributed by atoms with van der Waals surface area (Å²) >= 11 is 11.0. The molecule has 20 heavy (non-hydrogen) atoms. The van der Waals surface area contributed by atoms with Crippen LogP contribution in [-0.2, 0) is 13.0 Å². The molecule has 2 rings (SSSR count). The van der Waals surface area contributed by atoms with Crippen LogP contribution in [0.2, 0.25) is 4.34 Å². The molecule has 0 spiro atoms. The van der Waals surface area contributed by atoms with Gasteiger partial charge in [-0.2, -0.15) is 0 Å². The second kappa shape index (κ2) is 7.46. The van der Waals surface area contributed by atoms with E-state index in [1.165, 1.54) is 10.4 Å². The molecule has 0 aliphatic heterocycles. The first kappa shape index (κ1) is 15.8. The molecule has 0 fully saturated rings. The molecule has 0 saturated heterocycles. The lowest BCUT2D eigenvalue weighted by molar-refractivity contribution is 0.474. The van der Waals surface area contributed by atoms with Crippen molar-refractivity contribution in [2.24, 2.45) is 0 Å². The zero-order valence-corrected chi connectivity index (χ0v) is 14.4. The molecule has 0 aliphatic rings. The SMILES string of the molecule is CC(CCc1ccc(O)cc1)NCc1cc(Br)c(Cl)s1. The number of phenolic OH excluding ortho intramolecular Hbond substituents is 1. The highest BCUT2D eigenvalue weighted by Crippen LogP contribution is 2.31. The van der Waals surface area contributed by atoms with E-state index in [1.54, 1.807) is 23.5 Å². The summed E-state index contributed by atoms with van der Waals surface area (Å²) in [6.45, 7) is 3.03. The Kier molecular flexibility index (Phi) is 5.90. The number of nitrogens with one attached hydrogen (secondary N) is 1. The van der Waals surface area contributed by atoms with Crippen LogP contribution < -0.4 is 5.32 Å². The molecule has 0 radical (unpaired) electrons. The molecule has 1 unspecified atom stereocenters. The Morgan fingerprint density at radius 2 is 2.05 bits per heavy atom. The fraction of sp³-hybridized carbons (Fsp3) is 0.333. The maximum atomic E-state index is 9.24. The van der Waals surface area contributed by atoms with Crippen molar-refractivity contribution < 1.29 is 5.11 Å². The summed E-state index contributed by atoms with van der Waals surface area (Å²) in [5, 5.41) is 12.7. The van der Waals surface area contributed by atoms with E-state index < -0.39 is 0 Å². The monoisotopic (exact) mass is 373 g/mol. The molecule has 1 aromatic carbocycles. The standard InChI is InChI=1S/C15H17BrClNOS/c1-10(2-3-11-4-6-12(19)7-5-11)18-9-13-8-14(16)15(17)20-13/h4-8,10,18-19H,2-3,9H2,1H3. The highest BCUT2D eigenvalue weighted by Gasteiger charge is 2.07. The van der Waals surface area contributed by atoms with Gasteiger partial charge in [0.1, 0.15) is 10.1 Å². The third kappa shape index (κ3) is 4.77. The van der Waals surface area contributed by atoms with E-state index in [9.17, 15) is 5.11 Å². The van der Waals surface area contributed by atoms with Gasteiger partial charge in [0.15, 0.2) is 0 Å². The first-order valence-electron chi connectivity index (χ1n) is 6.49. The van der Waals surface area contributed by atoms with Gasteiger partial charge in [-0.25, -0.2) is 0 Å². The normalized spacial score (nSPS) is 12.6. The quantitative estimate of drug-likeness (QED) is 0.747. The predicted octanol–water partition coefficient (Wildman–Crippen LogP) is 4.98. The summed E-state index contributed by atoms with van der Waals surface area (Å²) in [5.74, 6) is 0.320. The highest BCUT2D eigenvalue weighted by atomic mass is 79.9. The smallest absolute Gasteiger partial charge is 0.115 e. The van der Waals surface area contributed by atoms with Crippen molar-refractivity contribution >= 4 is 38.9 Å². The lowest BCUT2D eigenvalue weighted by Gasteiger charge is -2.13. The molecule has 1 heterocycles. The van der Waals surface area contributed by atoms with Gasteiger partial charge in [0, 0.05) is 21.9 Å². The van der Waals surface area contributed by atoms with Crippen molar-refractivity contribution in [3.8, 4) is 5.75 Å². The number of rotatable bonds is 6. The average Bonchev–Trinajstić information content (AvgIpc) is 2.75. The summed E-state index contributed by atoms with van der Waals surface area (Å²) in [5.41, 5.74) is 1.25. The second-order valence-corrected chi connectivity index (χ2v) is 7.41. The number of aryl methyl sites for hydroxylation is 1. The molecule has 5 heteroatoms. The van der Waals surface area contributed by atoms with Crippen LogP contribution in [0, 0.1) is 0 Å². The Balaban J connectivity index is 1.75. The Hall–Kier alpha value is -0.550.